The summed E-state index contributed by atoms with van der Waals surface area (Å²) in [6.45, 7) is 2.28. The smallest absolute Gasteiger partial charge is 0.314 e. The van der Waals surface area contributed by atoms with Crippen LogP contribution in [0.1, 0.15) is 84.0 Å². The van der Waals surface area contributed by atoms with Crippen LogP contribution in [0.25, 0.3) is 0 Å². The Bertz CT molecular complexity index is 569. The minimum Gasteiger partial charge on any atom is -0.426 e. The highest BCUT2D eigenvalue weighted by atomic mass is 19.1. The highest BCUT2D eigenvalue weighted by Crippen LogP contribution is 2.42. The Morgan fingerprint density at radius 3 is 2.22 bits per heavy atom. The molecule has 0 unspecified atom stereocenters. The SMILES string of the molecule is CCCCCC1CC(CCC2CCC(C(=O)Oc3ccc(F)cc3)CC2)C1. The van der Waals surface area contributed by atoms with E-state index < -0.39 is 0 Å². The van der Waals surface area contributed by atoms with Gasteiger partial charge in [-0.2, -0.15) is 0 Å². The number of hydrogen-bond acceptors (Lipinski definition) is 2. The summed E-state index contributed by atoms with van der Waals surface area (Å²) in [5.74, 6) is 2.78. The summed E-state index contributed by atoms with van der Waals surface area (Å²) >= 11 is 0. The van der Waals surface area contributed by atoms with Crippen LogP contribution in [-0.2, 0) is 4.79 Å². The lowest BCUT2D eigenvalue weighted by Crippen LogP contribution is -2.27. The van der Waals surface area contributed by atoms with Gasteiger partial charge < -0.3 is 4.74 Å². The Balaban J connectivity index is 1.28. The maximum atomic E-state index is 12.9. The van der Waals surface area contributed by atoms with Crippen molar-refractivity contribution < 1.29 is 13.9 Å². The van der Waals surface area contributed by atoms with E-state index in [2.05, 4.69) is 6.92 Å². The zero-order chi connectivity index (χ0) is 19.1. The number of rotatable bonds is 9. The number of hydrogen-bond donors (Lipinski definition) is 0. The molecular weight excluding hydrogens is 339 g/mol. The van der Waals surface area contributed by atoms with Gasteiger partial charge in [0, 0.05) is 0 Å². The molecule has 0 aromatic heterocycles. The Kier molecular flexibility index (Phi) is 7.72. The highest BCUT2D eigenvalue weighted by Gasteiger charge is 2.31. The fraction of sp³-hybridized carbons (Fsp3) is 0.708. The fourth-order valence-corrected chi connectivity index (χ4v) is 4.89. The summed E-state index contributed by atoms with van der Waals surface area (Å²) in [6, 6.07) is 5.70. The van der Waals surface area contributed by atoms with Crippen LogP contribution in [0.15, 0.2) is 24.3 Å². The first-order chi connectivity index (χ1) is 13.1. The average Bonchev–Trinajstić information content (AvgIpc) is 2.65. The van der Waals surface area contributed by atoms with Crippen LogP contribution < -0.4 is 4.74 Å². The van der Waals surface area contributed by atoms with E-state index in [0.717, 1.165) is 43.4 Å². The first kappa shape index (κ1) is 20.4. The van der Waals surface area contributed by atoms with Crippen LogP contribution in [0.5, 0.6) is 5.75 Å². The molecule has 27 heavy (non-hydrogen) atoms. The van der Waals surface area contributed by atoms with Crippen LogP contribution in [0, 0.1) is 29.5 Å². The van der Waals surface area contributed by atoms with E-state index in [-0.39, 0.29) is 17.7 Å². The lowest BCUT2D eigenvalue weighted by Gasteiger charge is -2.37. The Morgan fingerprint density at radius 2 is 1.56 bits per heavy atom. The highest BCUT2D eigenvalue weighted by molar-refractivity contribution is 5.75. The van der Waals surface area contributed by atoms with Crippen molar-refractivity contribution in [3.63, 3.8) is 0 Å². The third kappa shape index (κ3) is 6.33. The van der Waals surface area contributed by atoms with Crippen molar-refractivity contribution in [2.45, 2.75) is 84.0 Å². The van der Waals surface area contributed by atoms with Gasteiger partial charge in [0.25, 0.3) is 0 Å². The first-order valence-electron chi connectivity index (χ1n) is 11.1. The van der Waals surface area contributed by atoms with Gasteiger partial charge in [-0.25, -0.2) is 4.39 Å². The van der Waals surface area contributed by atoms with Crippen molar-refractivity contribution in [2.24, 2.45) is 23.7 Å². The number of esters is 1. The van der Waals surface area contributed by atoms with Gasteiger partial charge in [-0.15, -0.1) is 0 Å². The maximum Gasteiger partial charge on any atom is 0.314 e. The zero-order valence-corrected chi connectivity index (χ0v) is 16.8. The van der Waals surface area contributed by atoms with E-state index in [1.807, 2.05) is 0 Å². The molecule has 1 aromatic rings. The van der Waals surface area contributed by atoms with Gasteiger partial charge >= 0.3 is 5.97 Å². The standard InChI is InChI=1S/C24H35FO2/c1-2-3-4-5-19-16-20(17-19)7-6-18-8-10-21(11-9-18)24(26)27-23-14-12-22(25)13-15-23/h12-15,18-21H,2-11,16-17H2,1H3. The minimum atomic E-state index is -0.311. The van der Waals surface area contributed by atoms with E-state index in [1.165, 1.54) is 75.6 Å². The summed E-state index contributed by atoms with van der Waals surface area (Å²) in [6.07, 6.45) is 15.4. The topological polar surface area (TPSA) is 26.3 Å². The zero-order valence-electron chi connectivity index (χ0n) is 16.8. The van der Waals surface area contributed by atoms with Gasteiger partial charge in [0.15, 0.2) is 0 Å². The predicted octanol–water partition coefficient (Wildman–Crippen LogP) is 6.92. The van der Waals surface area contributed by atoms with Crippen molar-refractivity contribution >= 4 is 5.97 Å². The number of carbonyl (C=O) groups is 1. The Labute approximate surface area is 163 Å². The van der Waals surface area contributed by atoms with Crippen LogP contribution in [0.4, 0.5) is 4.39 Å². The van der Waals surface area contributed by atoms with Crippen LogP contribution in [0.3, 0.4) is 0 Å². The predicted molar refractivity (Wildman–Crippen MR) is 107 cm³/mol. The Hall–Kier alpha value is -1.38. The molecule has 2 nitrogen and oxygen atoms in total. The average molecular weight is 375 g/mol. The Morgan fingerprint density at radius 1 is 0.926 bits per heavy atom. The van der Waals surface area contributed by atoms with E-state index in [1.54, 1.807) is 0 Å². The molecule has 0 radical (unpaired) electrons. The molecule has 0 heterocycles. The largest absolute Gasteiger partial charge is 0.426 e. The molecule has 0 amide bonds. The third-order valence-electron chi connectivity index (χ3n) is 6.74. The van der Waals surface area contributed by atoms with E-state index >= 15 is 0 Å². The molecule has 0 atom stereocenters. The molecule has 2 aliphatic carbocycles. The van der Waals surface area contributed by atoms with Gasteiger partial charge in [0.1, 0.15) is 11.6 Å². The molecule has 2 saturated carbocycles. The van der Waals surface area contributed by atoms with Gasteiger partial charge in [0.05, 0.1) is 5.92 Å². The van der Waals surface area contributed by atoms with Crippen LogP contribution in [-0.4, -0.2) is 5.97 Å². The lowest BCUT2D eigenvalue weighted by molar-refractivity contribution is -0.140. The molecule has 1 aromatic carbocycles. The summed E-state index contributed by atoms with van der Waals surface area (Å²) in [7, 11) is 0. The van der Waals surface area contributed by atoms with E-state index in [4.69, 9.17) is 4.74 Å². The van der Waals surface area contributed by atoms with E-state index in [9.17, 15) is 9.18 Å². The summed E-state index contributed by atoms with van der Waals surface area (Å²) < 4.78 is 18.3. The molecule has 2 fully saturated rings. The first-order valence-corrected chi connectivity index (χ1v) is 11.1. The molecule has 0 bridgehead atoms. The molecule has 2 aliphatic rings. The molecule has 3 heteroatoms. The number of benzene rings is 1. The normalized spacial score (nSPS) is 27.8. The third-order valence-corrected chi connectivity index (χ3v) is 6.74. The van der Waals surface area contributed by atoms with Crippen LogP contribution in [0.2, 0.25) is 0 Å². The number of halogens is 1. The molecule has 0 aliphatic heterocycles. The van der Waals surface area contributed by atoms with Crippen molar-refractivity contribution in [1.82, 2.24) is 0 Å². The second-order valence-electron chi connectivity index (χ2n) is 8.87. The molecule has 0 N–H and O–H groups in total. The fourth-order valence-electron chi connectivity index (χ4n) is 4.89. The molecule has 3 rings (SSSR count). The van der Waals surface area contributed by atoms with Gasteiger partial charge in [-0.1, -0.05) is 45.4 Å². The molecule has 0 saturated heterocycles. The second kappa shape index (κ2) is 10.2. The second-order valence-corrected chi connectivity index (χ2v) is 8.87. The van der Waals surface area contributed by atoms with Crippen molar-refractivity contribution in [3.05, 3.63) is 30.1 Å². The summed E-state index contributed by atoms with van der Waals surface area (Å²) in [5.41, 5.74) is 0. The lowest BCUT2D eigenvalue weighted by atomic mass is 9.69. The molecular formula is C24H35FO2. The number of unbranched alkanes of at least 4 members (excludes halogenated alkanes) is 2. The molecule has 0 spiro atoms. The number of ether oxygens (including phenoxy) is 1. The van der Waals surface area contributed by atoms with Crippen molar-refractivity contribution in [3.8, 4) is 5.75 Å². The van der Waals surface area contributed by atoms with Gasteiger partial charge in [-0.05, 0) is 80.5 Å². The van der Waals surface area contributed by atoms with Crippen molar-refractivity contribution in [1.29, 1.82) is 0 Å². The molecule has 150 valence electrons. The summed E-state index contributed by atoms with van der Waals surface area (Å²) in [5, 5.41) is 0. The number of carbonyl (C=O) groups excluding carboxylic acids is 1. The van der Waals surface area contributed by atoms with Gasteiger partial charge in [-0.3, -0.25) is 4.79 Å². The maximum absolute atomic E-state index is 12.9. The van der Waals surface area contributed by atoms with Crippen LogP contribution >= 0.6 is 0 Å². The van der Waals surface area contributed by atoms with Gasteiger partial charge in [0.2, 0.25) is 0 Å². The van der Waals surface area contributed by atoms with E-state index in [0.29, 0.717) is 5.75 Å². The summed E-state index contributed by atoms with van der Waals surface area (Å²) in [4.78, 5) is 12.3. The quantitative estimate of drug-likeness (QED) is 0.266. The monoisotopic (exact) mass is 374 g/mol. The minimum absolute atomic E-state index is 0.0120. The van der Waals surface area contributed by atoms with Crippen molar-refractivity contribution in [2.75, 3.05) is 0 Å².